The zero-order valence-electron chi connectivity index (χ0n) is 12.1. The zero-order valence-corrected chi connectivity index (χ0v) is 12.9. The monoisotopic (exact) mass is 264 g/mol. The highest BCUT2D eigenvalue weighted by Crippen LogP contribution is 2.21. The van der Waals surface area contributed by atoms with E-state index >= 15 is 0 Å². The van der Waals surface area contributed by atoms with Crippen LogP contribution in [0.4, 0.5) is 0 Å². The Hall–Kier alpha value is -0.760. The number of carbonyl (C=O) groups excluding carboxylic acids is 1. The Morgan fingerprint density at radius 1 is 1.06 bits per heavy atom. The van der Waals surface area contributed by atoms with Gasteiger partial charge in [0.25, 0.3) is 0 Å². The maximum Gasteiger partial charge on any atom is 0.172 e. The topological polar surface area (TPSA) is 17.1 Å². The maximum atomic E-state index is 12.0. The molecule has 0 bridgehead atoms. The number of hydrogen-bond donors (Lipinski definition) is 0. The number of Topliss-reactive ketones (excluding diaryl/α,β-unsaturated/α-hetero) is 1. The van der Waals surface area contributed by atoms with Gasteiger partial charge in [0.1, 0.15) is 0 Å². The lowest BCUT2D eigenvalue weighted by atomic mass is 10.0. The third-order valence-corrected chi connectivity index (χ3v) is 4.81. The summed E-state index contributed by atoms with van der Waals surface area (Å²) in [6.07, 6.45) is 0. The maximum absolute atomic E-state index is 12.0. The molecule has 18 heavy (non-hydrogen) atoms. The van der Waals surface area contributed by atoms with E-state index in [2.05, 4.69) is 46.8 Å². The Morgan fingerprint density at radius 3 is 2.06 bits per heavy atom. The molecule has 0 amide bonds. The van der Waals surface area contributed by atoms with E-state index in [1.165, 1.54) is 5.56 Å². The molecule has 0 aliphatic rings. The standard InChI is InChI=1S/C16H24OS/c1-11(2)13(5)18-10-16(17)15-8-6-14(7-9-15)12(3)4/h6-9,11-13H,10H2,1-5H3. The fourth-order valence-electron chi connectivity index (χ4n) is 1.54. The molecule has 0 saturated carbocycles. The molecule has 100 valence electrons. The SMILES string of the molecule is CC(C)c1ccc(C(=O)CSC(C)C(C)C)cc1. The highest BCUT2D eigenvalue weighted by Gasteiger charge is 2.12. The molecule has 0 N–H and O–H groups in total. The fraction of sp³-hybridized carbons (Fsp3) is 0.562. The van der Waals surface area contributed by atoms with Crippen molar-refractivity contribution in [2.45, 2.75) is 45.8 Å². The second-order valence-electron chi connectivity index (χ2n) is 5.46. The Balaban J connectivity index is 2.57. The molecular formula is C16H24OS. The quantitative estimate of drug-likeness (QED) is 0.688. The average molecular weight is 264 g/mol. The van der Waals surface area contributed by atoms with Crippen molar-refractivity contribution in [2.75, 3.05) is 5.75 Å². The summed E-state index contributed by atoms with van der Waals surface area (Å²) in [7, 11) is 0. The zero-order chi connectivity index (χ0) is 13.7. The molecule has 0 aromatic heterocycles. The van der Waals surface area contributed by atoms with Crippen molar-refractivity contribution in [1.29, 1.82) is 0 Å². The predicted octanol–water partition coefficient (Wildman–Crippen LogP) is 4.77. The van der Waals surface area contributed by atoms with Crippen LogP contribution >= 0.6 is 11.8 Å². The molecule has 1 aromatic rings. The van der Waals surface area contributed by atoms with Crippen LogP contribution in [0.25, 0.3) is 0 Å². The first kappa shape index (κ1) is 15.3. The first-order valence-electron chi connectivity index (χ1n) is 6.66. The minimum Gasteiger partial charge on any atom is -0.293 e. The van der Waals surface area contributed by atoms with Gasteiger partial charge >= 0.3 is 0 Å². The van der Waals surface area contributed by atoms with Crippen molar-refractivity contribution in [2.24, 2.45) is 5.92 Å². The Kier molecular flexibility index (Phi) is 5.94. The van der Waals surface area contributed by atoms with Crippen molar-refractivity contribution in [3.63, 3.8) is 0 Å². The summed E-state index contributed by atoms with van der Waals surface area (Å²) in [5, 5.41) is 0.531. The molecule has 2 heteroatoms. The first-order valence-corrected chi connectivity index (χ1v) is 7.71. The molecule has 1 atom stereocenters. The van der Waals surface area contributed by atoms with Gasteiger partial charge in [0.2, 0.25) is 0 Å². The summed E-state index contributed by atoms with van der Waals surface area (Å²) >= 11 is 1.75. The highest BCUT2D eigenvalue weighted by molar-refractivity contribution is 8.00. The van der Waals surface area contributed by atoms with Crippen LogP contribution in [-0.4, -0.2) is 16.8 Å². The largest absolute Gasteiger partial charge is 0.293 e. The van der Waals surface area contributed by atoms with Gasteiger partial charge in [0, 0.05) is 10.8 Å². The normalized spacial score (nSPS) is 13.1. The molecule has 1 unspecified atom stereocenters. The number of carbonyl (C=O) groups is 1. The van der Waals surface area contributed by atoms with Crippen molar-refractivity contribution in [3.05, 3.63) is 35.4 Å². The second kappa shape index (κ2) is 6.98. The Morgan fingerprint density at radius 2 is 1.61 bits per heavy atom. The van der Waals surface area contributed by atoms with E-state index < -0.39 is 0 Å². The van der Waals surface area contributed by atoms with Crippen molar-refractivity contribution in [3.8, 4) is 0 Å². The smallest absolute Gasteiger partial charge is 0.172 e. The third kappa shape index (κ3) is 4.49. The molecule has 0 heterocycles. The fourth-order valence-corrected chi connectivity index (χ4v) is 2.50. The van der Waals surface area contributed by atoms with Gasteiger partial charge in [-0.3, -0.25) is 4.79 Å². The molecule has 1 rings (SSSR count). The number of ketones is 1. The van der Waals surface area contributed by atoms with Gasteiger partial charge in [0.05, 0.1) is 5.75 Å². The summed E-state index contributed by atoms with van der Waals surface area (Å²) in [5.41, 5.74) is 2.12. The molecule has 0 saturated heterocycles. The minimum absolute atomic E-state index is 0.239. The molecule has 0 aliphatic carbocycles. The van der Waals surface area contributed by atoms with E-state index in [4.69, 9.17) is 0 Å². The van der Waals surface area contributed by atoms with E-state index in [9.17, 15) is 4.79 Å². The van der Waals surface area contributed by atoms with E-state index in [1.807, 2.05) is 12.1 Å². The van der Waals surface area contributed by atoms with Gasteiger partial charge in [-0.1, -0.05) is 58.9 Å². The number of benzene rings is 1. The second-order valence-corrected chi connectivity index (χ2v) is 6.83. The van der Waals surface area contributed by atoms with E-state index in [0.717, 1.165) is 5.56 Å². The molecule has 0 fully saturated rings. The van der Waals surface area contributed by atoms with E-state index in [-0.39, 0.29) is 5.78 Å². The number of rotatable bonds is 6. The molecule has 0 radical (unpaired) electrons. The third-order valence-electron chi connectivity index (χ3n) is 3.32. The summed E-state index contributed by atoms with van der Waals surface area (Å²) in [6, 6.07) is 8.04. The Bertz CT molecular complexity index is 379. The predicted molar refractivity (Wildman–Crippen MR) is 81.6 cm³/mol. The minimum atomic E-state index is 0.239. The summed E-state index contributed by atoms with van der Waals surface area (Å²) < 4.78 is 0. The van der Waals surface area contributed by atoms with Gasteiger partial charge in [-0.05, 0) is 17.4 Å². The summed E-state index contributed by atoms with van der Waals surface area (Å²) in [5.74, 6) is 1.96. The molecule has 0 aliphatic heterocycles. The van der Waals surface area contributed by atoms with E-state index in [1.54, 1.807) is 11.8 Å². The van der Waals surface area contributed by atoms with Crippen molar-refractivity contribution in [1.82, 2.24) is 0 Å². The number of thioether (sulfide) groups is 1. The molecule has 0 spiro atoms. The van der Waals surface area contributed by atoms with Gasteiger partial charge in [-0.15, -0.1) is 0 Å². The van der Waals surface area contributed by atoms with Crippen LogP contribution in [0.1, 0.15) is 56.5 Å². The van der Waals surface area contributed by atoms with Crippen LogP contribution in [0.5, 0.6) is 0 Å². The lowest BCUT2D eigenvalue weighted by Crippen LogP contribution is -2.11. The van der Waals surface area contributed by atoms with Crippen LogP contribution in [0.15, 0.2) is 24.3 Å². The van der Waals surface area contributed by atoms with Gasteiger partial charge in [0.15, 0.2) is 5.78 Å². The van der Waals surface area contributed by atoms with Crippen molar-refractivity contribution >= 4 is 17.5 Å². The highest BCUT2D eigenvalue weighted by atomic mass is 32.2. The Labute approximate surface area is 115 Å². The number of hydrogen-bond acceptors (Lipinski definition) is 2. The van der Waals surface area contributed by atoms with Crippen molar-refractivity contribution < 1.29 is 4.79 Å². The van der Waals surface area contributed by atoms with Crippen LogP contribution in [-0.2, 0) is 0 Å². The molecule has 1 nitrogen and oxygen atoms in total. The van der Waals surface area contributed by atoms with Crippen LogP contribution < -0.4 is 0 Å². The summed E-state index contributed by atoms with van der Waals surface area (Å²) in [4.78, 5) is 12.0. The first-order chi connectivity index (χ1) is 8.41. The van der Waals surface area contributed by atoms with E-state index in [0.29, 0.717) is 22.8 Å². The molecular weight excluding hydrogens is 240 g/mol. The lowest BCUT2D eigenvalue weighted by Gasteiger charge is -2.14. The van der Waals surface area contributed by atoms with Crippen LogP contribution in [0.3, 0.4) is 0 Å². The van der Waals surface area contributed by atoms with Gasteiger partial charge in [-0.25, -0.2) is 0 Å². The average Bonchev–Trinajstić information content (AvgIpc) is 2.35. The lowest BCUT2D eigenvalue weighted by molar-refractivity contribution is 0.102. The van der Waals surface area contributed by atoms with Gasteiger partial charge < -0.3 is 0 Å². The summed E-state index contributed by atoms with van der Waals surface area (Å²) in [6.45, 7) is 10.9. The van der Waals surface area contributed by atoms with Gasteiger partial charge in [-0.2, -0.15) is 11.8 Å². The molecule has 1 aromatic carbocycles. The van der Waals surface area contributed by atoms with Crippen LogP contribution in [0, 0.1) is 5.92 Å². The van der Waals surface area contributed by atoms with Crippen LogP contribution in [0.2, 0.25) is 0 Å².